The Morgan fingerprint density at radius 1 is 0.871 bits per heavy atom. The molecule has 6 nitrogen and oxygen atoms in total. The summed E-state index contributed by atoms with van der Waals surface area (Å²) in [5, 5.41) is 30.0. The number of carbonyl (C=O) groups is 1. The Morgan fingerprint density at radius 3 is 2.26 bits per heavy atom. The summed E-state index contributed by atoms with van der Waals surface area (Å²) in [6, 6.07) is 17.9. The maximum absolute atomic E-state index is 13.4. The molecule has 0 aliphatic carbocycles. The predicted molar refractivity (Wildman–Crippen MR) is 124 cm³/mol. The summed E-state index contributed by atoms with van der Waals surface area (Å²) in [6.07, 6.45) is 1.48. The van der Waals surface area contributed by atoms with Gasteiger partial charge < -0.3 is 15.3 Å². The molecule has 31 heavy (non-hydrogen) atoms. The Labute approximate surface area is 183 Å². The maximum atomic E-state index is 13.4. The van der Waals surface area contributed by atoms with Crippen LogP contribution in [0, 0.1) is 13.8 Å². The van der Waals surface area contributed by atoms with Gasteiger partial charge in [0, 0.05) is 5.56 Å². The topological polar surface area (TPSA) is 93.4 Å². The molecule has 1 aliphatic heterocycles. The molecule has 0 unspecified atom stereocenters. The Bertz CT molecular complexity index is 1250. The number of carbonyl (C=O) groups excluding carboxylic acids is 1. The van der Waals surface area contributed by atoms with Crippen molar-refractivity contribution >= 4 is 40.3 Å². The van der Waals surface area contributed by atoms with Crippen molar-refractivity contribution in [2.45, 2.75) is 13.8 Å². The quantitative estimate of drug-likeness (QED) is 0.389. The molecule has 0 saturated carbocycles. The molecule has 1 saturated heterocycles. The van der Waals surface area contributed by atoms with E-state index in [0.717, 1.165) is 16.8 Å². The van der Waals surface area contributed by atoms with Crippen LogP contribution in [0.25, 0.3) is 6.08 Å². The maximum Gasteiger partial charge on any atom is 0.271 e. The van der Waals surface area contributed by atoms with Crippen molar-refractivity contribution in [1.29, 1.82) is 0 Å². The van der Waals surface area contributed by atoms with Gasteiger partial charge in [0.1, 0.15) is 0 Å². The zero-order chi connectivity index (χ0) is 22.1. The molecule has 1 fully saturated rings. The van der Waals surface area contributed by atoms with Crippen molar-refractivity contribution in [3.05, 3.63) is 82.3 Å². The summed E-state index contributed by atoms with van der Waals surface area (Å²) in [5.74, 6) is -1.85. The van der Waals surface area contributed by atoms with Gasteiger partial charge in [0.15, 0.2) is 16.7 Å². The number of amidine groups is 1. The summed E-state index contributed by atoms with van der Waals surface area (Å²) in [5.41, 5.74) is 3.58. The molecule has 156 valence electrons. The number of para-hydroxylation sites is 2. The van der Waals surface area contributed by atoms with E-state index in [-0.39, 0.29) is 11.5 Å². The standard InChI is InChI=1S/C24H20N2O4S/c1-14-7-3-5-9-17(14)25-24-26(18-10-6-4-8-15(18)2)23(30)20(31-24)13-16-11-12-19(27)22(29)21(16)28/h3-13,27-29H,1-2H3/b20-13-,25-24?. The van der Waals surface area contributed by atoms with Crippen LogP contribution in [0.15, 0.2) is 70.6 Å². The predicted octanol–water partition coefficient (Wildman–Crippen LogP) is 5.23. The number of hydrogen-bond donors (Lipinski definition) is 3. The number of aliphatic imine (C=N–C) groups is 1. The molecule has 0 atom stereocenters. The Morgan fingerprint density at radius 2 is 1.55 bits per heavy atom. The van der Waals surface area contributed by atoms with E-state index in [1.807, 2.05) is 62.4 Å². The van der Waals surface area contributed by atoms with Crippen LogP contribution < -0.4 is 4.90 Å². The minimum Gasteiger partial charge on any atom is -0.504 e. The molecule has 0 spiro atoms. The first-order valence-corrected chi connectivity index (χ1v) is 10.4. The van der Waals surface area contributed by atoms with Crippen LogP contribution in [-0.2, 0) is 4.79 Å². The minimum atomic E-state index is -0.630. The fourth-order valence-corrected chi connectivity index (χ4v) is 4.19. The van der Waals surface area contributed by atoms with Crippen LogP contribution in [0.1, 0.15) is 16.7 Å². The van der Waals surface area contributed by atoms with Gasteiger partial charge in [0.2, 0.25) is 5.75 Å². The van der Waals surface area contributed by atoms with E-state index in [4.69, 9.17) is 4.99 Å². The zero-order valence-electron chi connectivity index (χ0n) is 16.9. The van der Waals surface area contributed by atoms with Gasteiger partial charge in [-0.05, 0) is 67.1 Å². The summed E-state index contributed by atoms with van der Waals surface area (Å²) < 4.78 is 0. The van der Waals surface area contributed by atoms with E-state index >= 15 is 0 Å². The lowest BCUT2D eigenvalue weighted by Gasteiger charge is -2.18. The first-order valence-electron chi connectivity index (χ1n) is 9.54. The highest BCUT2D eigenvalue weighted by molar-refractivity contribution is 8.19. The third kappa shape index (κ3) is 3.87. The first kappa shape index (κ1) is 20.6. The van der Waals surface area contributed by atoms with E-state index in [1.54, 1.807) is 4.90 Å². The average molecular weight is 433 g/mol. The number of hydrogen-bond acceptors (Lipinski definition) is 6. The number of thioether (sulfide) groups is 1. The second-order valence-electron chi connectivity index (χ2n) is 7.09. The molecule has 1 heterocycles. The molecule has 3 aromatic rings. The molecule has 0 radical (unpaired) electrons. The van der Waals surface area contributed by atoms with Crippen molar-refractivity contribution in [3.63, 3.8) is 0 Å². The normalized spacial score (nSPS) is 16.5. The number of rotatable bonds is 3. The van der Waals surface area contributed by atoms with Gasteiger partial charge in [0.25, 0.3) is 5.91 Å². The molecule has 7 heteroatoms. The fraction of sp³-hybridized carbons (Fsp3) is 0.0833. The molecular weight excluding hydrogens is 412 g/mol. The smallest absolute Gasteiger partial charge is 0.271 e. The van der Waals surface area contributed by atoms with Crippen molar-refractivity contribution < 1.29 is 20.1 Å². The zero-order valence-corrected chi connectivity index (χ0v) is 17.7. The summed E-state index contributed by atoms with van der Waals surface area (Å²) in [4.78, 5) is 20.0. The lowest BCUT2D eigenvalue weighted by atomic mass is 10.1. The summed E-state index contributed by atoms with van der Waals surface area (Å²) in [7, 11) is 0. The Kier molecular flexibility index (Phi) is 5.44. The molecule has 4 rings (SSSR count). The van der Waals surface area contributed by atoms with Crippen LogP contribution in [0.5, 0.6) is 17.2 Å². The highest BCUT2D eigenvalue weighted by Gasteiger charge is 2.35. The molecule has 3 aromatic carbocycles. The summed E-state index contributed by atoms with van der Waals surface area (Å²) >= 11 is 1.18. The van der Waals surface area contributed by atoms with E-state index in [1.165, 1.54) is 30.0 Å². The number of amides is 1. The third-order valence-corrected chi connectivity index (χ3v) is 5.91. The second kappa shape index (κ2) is 8.20. The molecule has 3 N–H and O–H groups in total. The monoisotopic (exact) mass is 432 g/mol. The van der Waals surface area contributed by atoms with Gasteiger partial charge in [-0.1, -0.05) is 36.4 Å². The van der Waals surface area contributed by atoms with E-state index < -0.39 is 17.2 Å². The van der Waals surface area contributed by atoms with Crippen molar-refractivity contribution in [1.82, 2.24) is 0 Å². The number of aromatic hydroxyl groups is 3. The SMILES string of the molecule is Cc1ccccc1N=C1S/C(=C\c2ccc(O)c(O)c2O)C(=O)N1c1ccccc1C. The number of aryl methyl sites for hydroxylation is 2. The number of phenolic OH excluding ortho intramolecular Hbond substituents is 3. The van der Waals surface area contributed by atoms with Crippen LogP contribution in [0.4, 0.5) is 11.4 Å². The molecule has 0 aromatic heterocycles. The number of benzene rings is 3. The molecule has 1 aliphatic rings. The highest BCUT2D eigenvalue weighted by atomic mass is 32.2. The van der Waals surface area contributed by atoms with E-state index in [9.17, 15) is 20.1 Å². The van der Waals surface area contributed by atoms with Gasteiger partial charge in [0.05, 0.1) is 16.3 Å². The third-order valence-electron chi connectivity index (χ3n) is 4.94. The number of anilines is 1. The van der Waals surface area contributed by atoms with Crippen LogP contribution in [-0.4, -0.2) is 26.4 Å². The van der Waals surface area contributed by atoms with Crippen LogP contribution in [0.3, 0.4) is 0 Å². The highest BCUT2D eigenvalue weighted by Crippen LogP contribution is 2.42. The lowest BCUT2D eigenvalue weighted by Crippen LogP contribution is -2.29. The first-order chi connectivity index (χ1) is 14.9. The van der Waals surface area contributed by atoms with Crippen molar-refractivity contribution in [3.8, 4) is 17.2 Å². The largest absolute Gasteiger partial charge is 0.504 e. The average Bonchev–Trinajstić information content (AvgIpc) is 3.05. The van der Waals surface area contributed by atoms with Crippen molar-refractivity contribution in [2.75, 3.05) is 4.90 Å². The van der Waals surface area contributed by atoms with Gasteiger partial charge >= 0.3 is 0 Å². The van der Waals surface area contributed by atoms with Gasteiger partial charge in [-0.15, -0.1) is 0 Å². The summed E-state index contributed by atoms with van der Waals surface area (Å²) in [6.45, 7) is 3.87. The molecule has 1 amide bonds. The minimum absolute atomic E-state index is 0.216. The van der Waals surface area contributed by atoms with E-state index in [2.05, 4.69) is 0 Å². The number of phenols is 3. The fourth-order valence-electron chi connectivity index (χ4n) is 3.21. The van der Waals surface area contributed by atoms with Gasteiger partial charge in [-0.3, -0.25) is 9.69 Å². The van der Waals surface area contributed by atoms with Crippen molar-refractivity contribution in [2.24, 2.45) is 4.99 Å². The van der Waals surface area contributed by atoms with Crippen LogP contribution >= 0.6 is 11.8 Å². The van der Waals surface area contributed by atoms with E-state index in [0.29, 0.717) is 15.8 Å². The van der Waals surface area contributed by atoms with Gasteiger partial charge in [-0.25, -0.2) is 4.99 Å². The lowest BCUT2D eigenvalue weighted by molar-refractivity contribution is -0.113. The molecular formula is C24H20N2O4S. The number of nitrogens with zero attached hydrogens (tertiary/aromatic N) is 2. The van der Waals surface area contributed by atoms with Crippen LogP contribution in [0.2, 0.25) is 0 Å². The Hall–Kier alpha value is -3.71. The second-order valence-corrected chi connectivity index (χ2v) is 8.10. The Balaban J connectivity index is 1.84. The molecule has 0 bridgehead atoms. The van der Waals surface area contributed by atoms with Gasteiger partial charge in [-0.2, -0.15) is 0 Å².